The van der Waals surface area contributed by atoms with E-state index < -0.39 is 5.91 Å². The van der Waals surface area contributed by atoms with E-state index in [1.807, 2.05) is 24.3 Å². The summed E-state index contributed by atoms with van der Waals surface area (Å²) < 4.78 is 5.38. The van der Waals surface area contributed by atoms with Crippen molar-refractivity contribution in [2.24, 2.45) is 5.73 Å². The summed E-state index contributed by atoms with van der Waals surface area (Å²) in [4.78, 5) is 27.4. The number of primary amides is 1. The van der Waals surface area contributed by atoms with Crippen LogP contribution in [0.4, 0.5) is 11.5 Å². The van der Waals surface area contributed by atoms with Gasteiger partial charge in [-0.3, -0.25) is 9.59 Å². The summed E-state index contributed by atoms with van der Waals surface area (Å²) >= 11 is 6.11. The standard InChI is InChI=1S/C18H19ClN4O3/c19-14-8-12(16(20)24)10-22-17(14)21-9-11-3-1-4-13(7-11)23-18(25)15-5-2-6-26-15/h1,3-4,7-8,10,15H,2,5-6,9H2,(H2,20,24)(H,21,22)(H,23,25). The minimum Gasteiger partial charge on any atom is -0.368 e. The molecule has 2 heterocycles. The van der Waals surface area contributed by atoms with Crippen molar-refractivity contribution in [3.63, 3.8) is 0 Å². The fourth-order valence-corrected chi connectivity index (χ4v) is 2.89. The van der Waals surface area contributed by atoms with Crippen LogP contribution in [-0.4, -0.2) is 29.5 Å². The summed E-state index contributed by atoms with van der Waals surface area (Å²) in [5.74, 6) is -0.259. The van der Waals surface area contributed by atoms with E-state index >= 15 is 0 Å². The largest absolute Gasteiger partial charge is 0.368 e. The van der Waals surface area contributed by atoms with Crippen LogP contribution < -0.4 is 16.4 Å². The molecule has 2 amide bonds. The number of carbonyl (C=O) groups excluding carboxylic acids is 2. The number of aromatic nitrogens is 1. The molecule has 26 heavy (non-hydrogen) atoms. The highest BCUT2D eigenvalue weighted by Crippen LogP contribution is 2.21. The number of nitrogens with zero attached hydrogens (tertiary/aromatic N) is 1. The highest BCUT2D eigenvalue weighted by Gasteiger charge is 2.23. The molecule has 1 unspecified atom stereocenters. The molecule has 0 bridgehead atoms. The molecule has 2 aromatic rings. The van der Waals surface area contributed by atoms with Gasteiger partial charge in [0.15, 0.2) is 0 Å². The van der Waals surface area contributed by atoms with Crippen LogP contribution in [0.2, 0.25) is 5.02 Å². The van der Waals surface area contributed by atoms with Crippen molar-refractivity contribution in [3.8, 4) is 0 Å². The molecule has 1 saturated heterocycles. The lowest BCUT2D eigenvalue weighted by Gasteiger charge is -2.12. The van der Waals surface area contributed by atoms with Gasteiger partial charge in [-0.25, -0.2) is 4.98 Å². The summed E-state index contributed by atoms with van der Waals surface area (Å²) in [6, 6.07) is 8.93. The molecule has 4 N–H and O–H groups in total. The molecule has 0 radical (unpaired) electrons. The molecular formula is C18H19ClN4O3. The Kier molecular flexibility index (Phi) is 5.70. The van der Waals surface area contributed by atoms with Gasteiger partial charge >= 0.3 is 0 Å². The first kappa shape index (κ1) is 18.2. The van der Waals surface area contributed by atoms with Crippen molar-refractivity contribution in [3.05, 3.63) is 52.7 Å². The van der Waals surface area contributed by atoms with Crippen LogP contribution in [0.15, 0.2) is 36.5 Å². The van der Waals surface area contributed by atoms with Gasteiger partial charge in [0.2, 0.25) is 5.91 Å². The van der Waals surface area contributed by atoms with Crippen LogP contribution in [0.5, 0.6) is 0 Å². The third kappa shape index (κ3) is 4.50. The second kappa shape index (κ2) is 8.16. The molecule has 1 aliphatic rings. The zero-order valence-corrected chi connectivity index (χ0v) is 14.8. The zero-order valence-electron chi connectivity index (χ0n) is 14.0. The Balaban J connectivity index is 1.62. The lowest BCUT2D eigenvalue weighted by molar-refractivity contribution is -0.124. The summed E-state index contributed by atoms with van der Waals surface area (Å²) in [5, 5.41) is 6.28. The van der Waals surface area contributed by atoms with Crippen molar-refractivity contribution < 1.29 is 14.3 Å². The number of hydrogen-bond acceptors (Lipinski definition) is 5. The minimum atomic E-state index is -0.583. The van der Waals surface area contributed by atoms with Crippen LogP contribution in [-0.2, 0) is 16.1 Å². The molecule has 0 saturated carbocycles. The van der Waals surface area contributed by atoms with Crippen LogP contribution in [0, 0.1) is 0 Å². The summed E-state index contributed by atoms with van der Waals surface area (Å²) in [5.41, 5.74) is 7.09. The number of pyridine rings is 1. The van der Waals surface area contributed by atoms with Crippen LogP contribution in [0.1, 0.15) is 28.8 Å². The topological polar surface area (TPSA) is 106 Å². The first-order chi connectivity index (χ1) is 12.5. The van der Waals surface area contributed by atoms with Crippen molar-refractivity contribution >= 4 is 34.9 Å². The monoisotopic (exact) mass is 374 g/mol. The highest BCUT2D eigenvalue weighted by molar-refractivity contribution is 6.33. The second-order valence-electron chi connectivity index (χ2n) is 5.96. The zero-order chi connectivity index (χ0) is 18.5. The number of anilines is 2. The Labute approximate surface area is 155 Å². The molecule has 8 heteroatoms. The number of ether oxygens (including phenoxy) is 1. The van der Waals surface area contributed by atoms with E-state index in [-0.39, 0.29) is 17.6 Å². The Bertz CT molecular complexity index is 822. The molecule has 1 atom stereocenters. The lowest BCUT2D eigenvalue weighted by Crippen LogP contribution is -2.26. The third-order valence-electron chi connectivity index (χ3n) is 4.00. The van der Waals surface area contributed by atoms with Gasteiger partial charge in [-0.15, -0.1) is 0 Å². The van der Waals surface area contributed by atoms with Crippen molar-refractivity contribution in [1.29, 1.82) is 0 Å². The number of nitrogens with one attached hydrogen (secondary N) is 2. The highest BCUT2D eigenvalue weighted by atomic mass is 35.5. The maximum atomic E-state index is 12.1. The molecule has 0 aliphatic carbocycles. The van der Waals surface area contributed by atoms with Gasteiger partial charge in [0.1, 0.15) is 11.9 Å². The Hall–Kier alpha value is -2.64. The molecule has 7 nitrogen and oxygen atoms in total. The molecule has 0 spiro atoms. The summed E-state index contributed by atoms with van der Waals surface area (Å²) in [7, 11) is 0. The van der Waals surface area contributed by atoms with E-state index in [9.17, 15) is 9.59 Å². The van der Waals surface area contributed by atoms with Crippen molar-refractivity contribution in [2.75, 3.05) is 17.2 Å². The van der Waals surface area contributed by atoms with Gasteiger partial charge in [-0.2, -0.15) is 0 Å². The first-order valence-corrected chi connectivity index (χ1v) is 8.61. The quantitative estimate of drug-likeness (QED) is 0.720. The van der Waals surface area contributed by atoms with Crippen molar-refractivity contribution in [2.45, 2.75) is 25.5 Å². The number of amides is 2. The van der Waals surface area contributed by atoms with E-state index in [0.29, 0.717) is 29.7 Å². The summed E-state index contributed by atoms with van der Waals surface area (Å²) in [6.07, 6.45) is 2.65. The first-order valence-electron chi connectivity index (χ1n) is 8.23. The average molecular weight is 375 g/mol. The van der Waals surface area contributed by atoms with Crippen LogP contribution in [0.25, 0.3) is 0 Å². The summed E-state index contributed by atoms with van der Waals surface area (Å²) in [6.45, 7) is 1.08. The van der Waals surface area contributed by atoms with Crippen molar-refractivity contribution in [1.82, 2.24) is 4.98 Å². The number of rotatable bonds is 6. The van der Waals surface area contributed by atoms with Crippen LogP contribution in [0.3, 0.4) is 0 Å². The van der Waals surface area contributed by atoms with E-state index in [1.54, 1.807) is 0 Å². The van der Waals surface area contributed by atoms with E-state index in [2.05, 4.69) is 15.6 Å². The molecule has 3 rings (SSSR count). The number of halogens is 1. The van der Waals surface area contributed by atoms with Gasteiger partial charge in [-0.1, -0.05) is 23.7 Å². The fourth-order valence-electron chi connectivity index (χ4n) is 2.65. The minimum absolute atomic E-state index is 0.126. The van der Waals surface area contributed by atoms with Gasteiger partial charge in [0, 0.05) is 25.0 Å². The van der Waals surface area contributed by atoms with Gasteiger partial charge in [0.25, 0.3) is 5.91 Å². The predicted octanol–water partition coefficient (Wildman–Crippen LogP) is 2.56. The number of hydrogen-bond donors (Lipinski definition) is 3. The SMILES string of the molecule is NC(=O)c1cnc(NCc2cccc(NC(=O)C3CCCO3)c2)c(Cl)c1. The molecule has 1 aromatic heterocycles. The lowest BCUT2D eigenvalue weighted by atomic mass is 10.2. The fraction of sp³-hybridized carbons (Fsp3) is 0.278. The normalized spacial score (nSPS) is 16.3. The molecule has 1 aliphatic heterocycles. The maximum Gasteiger partial charge on any atom is 0.253 e. The second-order valence-corrected chi connectivity index (χ2v) is 6.37. The number of nitrogens with two attached hydrogens (primary N) is 1. The van der Waals surface area contributed by atoms with Crippen LogP contribution >= 0.6 is 11.6 Å². The third-order valence-corrected chi connectivity index (χ3v) is 4.29. The maximum absolute atomic E-state index is 12.1. The number of benzene rings is 1. The average Bonchev–Trinajstić information content (AvgIpc) is 3.15. The molecular weight excluding hydrogens is 356 g/mol. The Morgan fingerprint density at radius 2 is 2.19 bits per heavy atom. The van der Waals surface area contributed by atoms with Gasteiger partial charge in [-0.05, 0) is 36.6 Å². The molecule has 1 fully saturated rings. The Morgan fingerprint density at radius 1 is 1.35 bits per heavy atom. The number of carbonyl (C=O) groups is 2. The van der Waals surface area contributed by atoms with E-state index in [1.165, 1.54) is 12.3 Å². The smallest absolute Gasteiger partial charge is 0.253 e. The van der Waals surface area contributed by atoms with E-state index in [0.717, 1.165) is 18.4 Å². The molecule has 136 valence electrons. The predicted molar refractivity (Wildman–Crippen MR) is 99.1 cm³/mol. The molecule has 1 aromatic carbocycles. The van der Waals surface area contributed by atoms with E-state index in [4.69, 9.17) is 22.1 Å². The van der Waals surface area contributed by atoms with Gasteiger partial charge in [0.05, 0.1) is 10.6 Å². The van der Waals surface area contributed by atoms with Gasteiger partial charge < -0.3 is 21.1 Å². The Morgan fingerprint density at radius 3 is 2.88 bits per heavy atom.